The van der Waals surface area contributed by atoms with Gasteiger partial charge in [-0.2, -0.15) is 0 Å². The van der Waals surface area contributed by atoms with Gasteiger partial charge in [-0.3, -0.25) is 9.59 Å². The van der Waals surface area contributed by atoms with Gasteiger partial charge in [0, 0.05) is 22.7 Å². The van der Waals surface area contributed by atoms with Crippen LogP contribution in [0.5, 0.6) is 5.75 Å². The Morgan fingerprint density at radius 1 is 1.00 bits per heavy atom. The number of para-hydroxylation sites is 1. The molecule has 0 spiro atoms. The average Bonchev–Trinajstić information content (AvgIpc) is 3.32. The summed E-state index contributed by atoms with van der Waals surface area (Å²) in [4.78, 5) is 35.4. The van der Waals surface area contributed by atoms with Gasteiger partial charge in [0.1, 0.15) is 11.6 Å². The number of fused-ring (bicyclic) bond motifs is 1. The molecule has 0 saturated heterocycles. The second kappa shape index (κ2) is 9.29. The van der Waals surface area contributed by atoms with Crippen LogP contribution in [0, 0.1) is 0 Å². The van der Waals surface area contributed by atoms with Crippen LogP contribution in [0.2, 0.25) is 0 Å². The summed E-state index contributed by atoms with van der Waals surface area (Å²) in [7, 11) is 1.57. The smallest absolute Gasteiger partial charge is 0.268 e. The minimum Gasteiger partial charge on any atom is -0.497 e. The Balaban J connectivity index is 1.49. The van der Waals surface area contributed by atoms with Crippen LogP contribution in [0.15, 0.2) is 89.0 Å². The van der Waals surface area contributed by atoms with Gasteiger partial charge in [0.25, 0.3) is 5.56 Å². The maximum absolute atomic E-state index is 13.5. The largest absolute Gasteiger partial charge is 0.497 e. The van der Waals surface area contributed by atoms with Crippen LogP contribution >= 0.6 is 11.3 Å². The first-order valence-electron chi connectivity index (χ1n) is 10.6. The Morgan fingerprint density at radius 2 is 1.79 bits per heavy atom. The van der Waals surface area contributed by atoms with Gasteiger partial charge >= 0.3 is 0 Å². The molecule has 34 heavy (non-hydrogen) atoms. The molecule has 0 aliphatic carbocycles. The van der Waals surface area contributed by atoms with Crippen LogP contribution in [0.1, 0.15) is 5.69 Å². The highest BCUT2D eigenvalue weighted by atomic mass is 32.1. The lowest BCUT2D eigenvalue weighted by Crippen LogP contribution is -2.22. The second-order valence-corrected chi connectivity index (χ2v) is 8.37. The van der Waals surface area contributed by atoms with Gasteiger partial charge in [-0.05, 0) is 24.3 Å². The van der Waals surface area contributed by atoms with Crippen molar-refractivity contribution < 1.29 is 9.53 Å². The van der Waals surface area contributed by atoms with Gasteiger partial charge in [0.2, 0.25) is 5.91 Å². The normalized spacial score (nSPS) is 10.9. The van der Waals surface area contributed by atoms with E-state index < -0.39 is 0 Å². The molecule has 0 unspecified atom stereocenters. The Kier molecular flexibility index (Phi) is 5.88. The number of benzene rings is 3. The van der Waals surface area contributed by atoms with E-state index in [1.54, 1.807) is 36.8 Å². The zero-order valence-corrected chi connectivity index (χ0v) is 19.1. The monoisotopic (exact) mass is 468 g/mol. The fraction of sp³-hybridized carbons (Fsp3) is 0.0769. The van der Waals surface area contributed by atoms with E-state index >= 15 is 0 Å². The number of ether oxygens (including phenoxy) is 1. The standard InChI is InChI=1S/C26H20N4O3S/c1-33-20-11-7-10-18(14-20)27-23(31)15-19-16-34-26(28-19)30-24(17-8-3-2-4-9-17)29-22-13-6-5-12-21(22)25(30)32/h2-14,16H,15H2,1H3,(H,27,31). The number of amides is 1. The molecule has 0 atom stereocenters. The molecule has 1 N–H and O–H groups in total. The second-order valence-electron chi connectivity index (χ2n) is 7.54. The van der Waals surface area contributed by atoms with E-state index in [1.807, 2.05) is 54.6 Å². The summed E-state index contributed by atoms with van der Waals surface area (Å²) in [5.41, 5.74) is 2.43. The topological polar surface area (TPSA) is 86.1 Å². The fourth-order valence-corrected chi connectivity index (χ4v) is 4.46. The Morgan fingerprint density at radius 3 is 2.62 bits per heavy atom. The van der Waals surface area contributed by atoms with E-state index in [0.717, 1.165) is 5.56 Å². The lowest BCUT2D eigenvalue weighted by molar-refractivity contribution is -0.115. The number of carbonyl (C=O) groups excluding carboxylic acids is 1. The third-order valence-electron chi connectivity index (χ3n) is 5.23. The number of nitrogens with one attached hydrogen (secondary N) is 1. The van der Waals surface area contributed by atoms with Gasteiger partial charge < -0.3 is 10.1 Å². The molecule has 8 heteroatoms. The van der Waals surface area contributed by atoms with Crippen molar-refractivity contribution in [1.29, 1.82) is 0 Å². The number of nitrogens with zero attached hydrogens (tertiary/aromatic N) is 3. The maximum atomic E-state index is 13.5. The highest BCUT2D eigenvalue weighted by Crippen LogP contribution is 2.24. The minimum absolute atomic E-state index is 0.0736. The fourth-order valence-electron chi connectivity index (χ4n) is 3.64. The molecule has 5 aromatic rings. The summed E-state index contributed by atoms with van der Waals surface area (Å²) in [5, 5.41) is 5.61. The molecule has 0 radical (unpaired) electrons. The number of rotatable bonds is 6. The molecule has 168 valence electrons. The Labute approximate surface area is 199 Å². The Hall–Kier alpha value is -4.30. The van der Waals surface area contributed by atoms with E-state index in [1.165, 1.54) is 15.9 Å². The van der Waals surface area contributed by atoms with Crippen molar-refractivity contribution in [2.45, 2.75) is 6.42 Å². The summed E-state index contributed by atoms with van der Waals surface area (Å²) in [6, 6.07) is 23.9. The lowest BCUT2D eigenvalue weighted by atomic mass is 10.2. The molecule has 2 aromatic heterocycles. The van der Waals surface area contributed by atoms with Gasteiger partial charge in [-0.1, -0.05) is 48.5 Å². The van der Waals surface area contributed by atoms with Crippen LogP contribution in [0.25, 0.3) is 27.4 Å². The van der Waals surface area contributed by atoms with Crippen molar-refractivity contribution in [3.63, 3.8) is 0 Å². The van der Waals surface area contributed by atoms with E-state index in [0.29, 0.717) is 39.0 Å². The predicted octanol–water partition coefficient (Wildman–Crippen LogP) is 4.70. The van der Waals surface area contributed by atoms with E-state index in [-0.39, 0.29) is 17.9 Å². The highest BCUT2D eigenvalue weighted by Gasteiger charge is 2.17. The number of methoxy groups -OCH3 is 1. The number of thiazole rings is 1. The molecule has 0 aliphatic rings. The zero-order chi connectivity index (χ0) is 23.5. The van der Waals surface area contributed by atoms with Crippen LogP contribution in [0.4, 0.5) is 5.69 Å². The summed E-state index contributed by atoms with van der Waals surface area (Å²) in [5.74, 6) is 0.953. The number of carbonyl (C=O) groups is 1. The van der Waals surface area contributed by atoms with Crippen molar-refractivity contribution in [1.82, 2.24) is 14.5 Å². The Bertz CT molecular complexity index is 1540. The van der Waals surface area contributed by atoms with E-state index in [9.17, 15) is 9.59 Å². The number of hydrogen-bond acceptors (Lipinski definition) is 6. The lowest BCUT2D eigenvalue weighted by Gasteiger charge is -2.11. The summed E-state index contributed by atoms with van der Waals surface area (Å²) in [6.45, 7) is 0. The van der Waals surface area contributed by atoms with Gasteiger partial charge in [-0.15, -0.1) is 11.3 Å². The first kappa shape index (κ1) is 21.5. The molecular weight excluding hydrogens is 448 g/mol. The summed E-state index contributed by atoms with van der Waals surface area (Å²) in [6.07, 6.45) is 0.0736. The van der Waals surface area contributed by atoms with Crippen molar-refractivity contribution in [3.8, 4) is 22.3 Å². The minimum atomic E-state index is -0.211. The van der Waals surface area contributed by atoms with Crippen molar-refractivity contribution >= 4 is 33.8 Å². The zero-order valence-electron chi connectivity index (χ0n) is 18.3. The first-order valence-corrected chi connectivity index (χ1v) is 11.5. The quantitative estimate of drug-likeness (QED) is 0.390. The van der Waals surface area contributed by atoms with Crippen LogP contribution in [-0.4, -0.2) is 27.6 Å². The maximum Gasteiger partial charge on any atom is 0.268 e. The van der Waals surface area contributed by atoms with Crippen LogP contribution in [0.3, 0.4) is 0 Å². The average molecular weight is 469 g/mol. The summed E-state index contributed by atoms with van der Waals surface area (Å²) < 4.78 is 6.72. The molecule has 0 fully saturated rings. The molecule has 2 heterocycles. The molecule has 0 aliphatic heterocycles. The van der Waals surface area contributed by atoms with E-state index in [4.69, 9.17) is 9.72 Å². The third kappa shape index (κ3) is 4.31. The molecule has 5 rings (SSSR count). The highest BCUT2D eigenvalue weighted by molar-refractivity contribution is 7.12. The number of anilines is 1. The number of aromatic nitrogens is 3. The third-order valence-corrected chi connectivity index (χ3v) is 6.11. The molecule has 7 nitrogen and oxygen atoms in total. The molecular formula is C26H20N4O3S. The molecule has 3 aromatic carbocycles. The SMILES string of the molecule is COc1cccc(NC(=O)Cc2csc(-n3c(-c4ccccc4)nc4ccccc4c3=O)n2)c1. The van der Waals surface area contributed by atoms with Gasteiger partial charge in [0.05, 0.1) is 30.1 Å². The van der Waals surface area contributed by atoms with Gasteiger partial charge in [0.15, 0.2) is 5.13 Å². The predicted molar refractivity (Wildman–Crippen MR) is 134 cm³/mol. The van der Waals surface area contributed by atoms with Crippen LogP contribution < -0.4 is 15.6 Å². The molecule has 0 bridgehead atoms. The number of hydrogen-bond donors (Lipinski definition) is 1. The molecule has 1 amide bonds. The summed E-state index contributed by atoms with van der Waals surface area (Å²) >= 11 is 1.30. The van der Waals surface area contributed by atoms with E-state index in [2.05, 4.69) is 10.3 Å². The van der Waals surface area contributed by atoms with Crippen molar-refractivity contribution in [2.24, 2.45) is 0 Å². The van der Waals surface area contributed by atoms with Crippen molar-refractivity contribution in [3.05, 3.63) is 100 Å². The molecule has 0 saturated carbocycles. The van der Waals surface area contributed by atoms with Crippen molar-refractivity contribution in [2.75, 3.05) is 12.4 Å². The van der Waals surface area contributed by atoms with Gasteiger partial charge in [-0.25, -0.2) is 14.5 Å². The van der Waals surface area contributed by atoms with Crippen LogP contribution in [-0.2, 0) is 11.2 Å². The first-order chi connectivity index (χ1) is 16.6.